The van der Waals surface area contributed by atoms with Gasteiger partial charge in [-0.3, -0.25) is 14.9 Å². The molecule has 3 aromatic rings. The predicted octanol–water partition coefficient (Wildman–Crippen LogP) is 3.59. The number of carbonyl (C=O) groups excluding carboxylic acids is 2. The summed E-state index contributed by atoms with van der Waals surface area (Å²) in [4.78, 5) is 26.4. The summed E-state index contributed by atoms with van der Waals surface area (Å²) < 4.78 is 29.9. The summed E-state index contributed by atoms with van der Waals surface area (Å²) in [5.41, 5.74) is 0.334. The Bertz CT molecular complexity index is 1190. The number of carbonyl (C=O) groups is 2. The van der Waals surface area contributed by atoms with Crippen molar-refractivity contribution in [3.63, 3.8) is 0 Å². The Morgan fingerprint density at radius 1 is 0.862 bits per heavy atom. The fraction of sp³-hybridized carbons (Fsp3) is 0. The Labute approximate surface area is 169 Å². The van der Waals surface area contributed by atoms with Crippen LogP contribution < -0.4 is 10.2 Å². The van der Waals surface area contributed by atoms with Gasteiger partial charge in [0.1, 0.15) is 17.2 Å². The zero-order valence-corrected chi connectivity index (χ0v) is 15.6. The molecule has 1 aliphatic rings. The van der Waals surface area contributed by atoms with Crippen molar-refractivity contribution in [1.82, 2.24) is 9.88 Å². The summed E-state index contributed by atoms with van der Waals surface area (Å²) in [6, 6.07) is 15.0. The van der Waals surface area contributed by atoms with Crippen LogP contribution in [0.1, 0.15) is 5.69 Å². The van der Waals surface area contributed by atoms with Crippen molar-refractivity contribution >= 4 is 40.9 Å². The molecule has 8 heteroatoms. The summed E-state index contributed by atoms with van der Waals surface area (Å²) in [5, 5.41) is 2.18. The van der Waals surface area contributed by atoms with Crippen molar-refractivity contribution in [1.29, 1.82) is 0 Å². The van der Waals surface area contributed by atoms with E-state index in [4.69, 9.17) is 12.2 Å². The highest BCUT2D eigenvalue weighted by Gasteiger charge is 2.35. The Morgan fingerprint density at radius 3 is 2.14 bits per heavy atom. The van der Waals surface area contributed by atoms with Gasteiger partial charge in [0, 0.05) is 11.9 Å². The van der Waals surface area contributed by atoms with Gasteiger partial charge in [-0.05, 0) is 54.7 Å². The first kappa shape index (κ1) is 18.7. The Morgan fingerprint density at radius 2 is 1.48 bits per heavy atom. The van der Waals surface area contributed by atoms with Gasteiger partial charge in [0.05, 0.1) is 11.4 Å². The van der Waals surface area contributed by atoms with Crippen LogP contribution in [0, 0.1) is 11.6 Å². The zero-order chi connectivity index (χ0) is 20.5. The van der Waals surface area contributed by atoms with Crippen LogP contribution in [0.25, 0.3) is 11.8 Å². The van der Waals surface area contributed by atoms with Gasteiger partial charge in [-0.1, -0.05) is 24.3 Å². The second-order valence-corrected chi connectivity index (χ2v) is 6.55. The lowest BCUT2D eigenvalue weighted by Crippen LogP contribution is -2.54. The normalized spacial score (nSPS) is 15.7. The SMILES string of the molecule is O=C1NC(=S)N(c2ccccc2F)C(=O)/C1=C\c1cccn1-c1ccccc1F. The van der Waals surface area contributed by atoms with Crippen LogP contribution in [0.3, 0.4) is 0 Å². The highest BCUT2D eigenvalue weighted by atomic mass is 32.1. The van der Waals surface area contributed by atoms with Crippen molar-refractivity contribution < 1.29 is 18.4 Å². The molecule has 2 amide bonds. The second-order valence-electron chi connectivity index (χ2n) is 6.16. The van der Waals surface area contributed by atoms with E-state index in [1.165, 1.54) is 34.9 Å². The third-order valence-corrected chi connectivity index (χ3v) is 4.66. The highest BCUT2D eigenvalue weighted by Crippen LogP contribution is 2.25. The van der Waals surface area contributed by atoms with Gasteiger partial charge in [0.15, 0.2) is 5.11 Å². The number of hydrogen-bond donors (Lipinski definition) is 1. The molecule has 2 heterocycles. The van der Waals surface area contributed by atoms with Gasteiger partial charge >= 0.3 is 0 Å². The molecule has 0 atom stereocenters. The lowest BCUT2D eigenvalue weighted by Gasteiger charge is -2.29. The third-order valence-electron chi connectivity index (χ3n) is 4.38. The molecule has 1 N–H and O–H groups in total. The average Bonchev–Trinajstić information content (AvgIpc) is 3.15. The minimum atomic E-state index is -0.773. The van der Waals surface area contributed by atoms with Crippen molar-refractivity contribution in [2.24, 2.45) is 0 Å². The van der Waals surface area contributed by atoms with E-state index >= 15 is 0 Å². The Hall–Kier alpha value is -3.65. The molecule has 0 spiro atoms. The second kappa shape index (κ2) is 7.40. The van der Waals surface area contributed by atoms with E-state index in [2.05, 4.69) is 5.32 Å². The van der Waals surface area contributed by atoms with Gasteiger partial charge in [0.2, 0.25) is 0 Å². The van der Waals surface area contributed by atoms with Crippen molar-refractivity contribution in [2.45, 2.75) is 0 Å². The maximum atomic E-state index is 14.2. The summed E-state index contributed by atoms with van der Waals surface area (Å²) in [6.45, 7) is 0. The highest BCUT2D eigenvalue weighted by molar-refractivity contribution is 7.80. The maximum Gasteiger partial charge on any atom is 0.270 e. The minimum Gasteiger partial charge on any atom is -0.314 e. The molecule has 29 heavy (non-hydrogen) atoms. The molecule has 1 aliphatic heterocycles. The molecule has 0 aliphatic carbocycles. The Kier molecular flexibility index (Phi) is 4.77. The monoisotopic (exact) mass is 409 g/mol. The standard InChI is InChI=1S/C21H13F2N3O2S/c22-15-7-1-3-9-17(15)25-11-5-6-13(25)12-14-19(27)24-21(29)26(20(14)28)18-10-4-2-8-16(18)23/h1-12H,(H,24,27,29)/b14-12-. The molecule has 0 unspecified atom stereocenters. The average molecular weight is 409 g/mol. The van der Waals surface area contributed by atoms with Crippen LogP contribution >= 0.6 is 12.2 Å². The van der Waals surface area contributed by atoms with Crippen LogP contribution in [-0.2, 0) is 9.59 Å². The van der Waals surface area contributed by atoms with Crippen molar-refractivity contribution in [3.8, 4) is 5.69 Å². The molecule has 1 aromatic heterocycles. The Balaban J connectivity index is 1.79. The summed E-state index contributed by atoms with van der Waals surface area (Å²) in [7, 11) is 0. The number of para-hydroxylation sites is 2. The van der Waals surface area contributed by atoms with E-state index in [0.29, 0.717) is 5.69 Å². The lowest BCUT2D eigenvalue weighted by atomic mass is 10.1. The van der Waals surface area contributed by atoms with Crippen LogP contribution in [0.4, 0.5) is 14.5 Å². The molecule has 144 valence electrons. The number of anilines is 1. The minimum absolute atomic E-state index is 0.0714. The van der Waals surface area contributed by atoms with Crippen molar-refractivity contribution in [2.75, 3.05) is 4.90 Å². The van der Waals surface area contributed by atoms with Crippen LogP contribution in [-0.4, -0.2) is 21.5 Å². The van der Waals surface area contributed by atoms with Crippen molar-refractivity contribution in [3.05, 3.63) is 89.8 Å². The fourth-order valence-electron chi connectivity index (χ4n) is 3.04. The first-order valence-corrected chi connectivity index (χ1v) is 8.96. The smallest absolute Gasteiger partial charge is 0.270 e. The van der Waals surface area contributed by atoms with Gasteiger partial charge in [-0.2, -0.15) is 0 Å². The van der Waals surface area contributed by atoms with E-state index in [9.17, 15) is 18.4 Å². The molecule has 0 radical (unpaired) electrons. The summed E-state index contributed by atoms with van der Waals surface area (Å²) in [6.07, 6.45) is 2.93. The van der Waals surface area contributed by atoms with E-state index < -0.39 is 23.4 Å². The first-order valence-electron chi connectivity index (χ1n) is 8.55. The number of halogens is 2. The van der Waals surface area contributed by atoms with Gasteiger partial charge < -0.3 is 4.57 Å². The number of nitrogens with zero attached hydrogens (tertiary/aromatic N) is 2. The predicted molar refractivity (Wildman–Crippen MR) is 108 cm³/mol. The van der Waals surface area contributed by atoms with E-state index in [1.54, 1.807) is 42.6 Å². The van der Waals surface area contributed by atoms with Crippen LogP contribution in [0.15, 0.2) is 72.4 Å². The molecule has 1 saturated heterocycles. The third kappa shape index (κ3) is 3.34. The maximum absolute atomic E-state index is 14.2. The number of rotatable bonds is 3. The number of hydrogen-bond acceptors (Lipinski definition) is 3. The summed E-state index contributed by atoms with van der Waals surface area (Å²) >= 11 is 5.07. The first-order chi connectivity index (χ1) is 14.0. The molecule has 0 bridgehead atoms. The number of thiocarbonyl (C=S) groups is 1. The molecule has 1 fully saturated rings. The van der Waals surface area contributed by atoms with E-state index in [1.807, 2.05) is 0 Å². The number of benzene rings is 2. The molecule has 5 nitrogen and oxygen atoms in total. The molecule has 0 saturated carbocycles. The van der Waals surface area contributed by atoms with Crippen LogP contribution in [0.5, 0.6) is 0 Å². The number of amides is 2. The molecular formula is C21H13F2N3O2S. The molecule has 4 rings (SSSR count). The van der Waals surface area contributed by atoms with Gasteiger partial charge in [-0.15, -0.1) is 0 Å². The quantitative estimate of drug-likeness (QED) is 0.409. The van der Waals surface area contributed by atoms with E-state index in [-0.39, 0.29) is 22.1 Å². The number of nitrogens with one attached hydrogen (secondary N) is 1. The number of aromatic nitrogens is 1. The largest absolute Gasteiger partial charge is 0.314 e. The topological polar surface area (TPSA) is 54.3 Å². The lowest BCUT2D eigenvalue weighted by molar-refractivity contribution is -0.122. The van der Waals surface area contributed by atoms with Crippen LogP contribution in [0.2, 0.25) is 0 Å². The molecular weight excluding hydrogens is 396 g/mol. The molecule has 2 aromatic carbocycles. The van der Waals surface area contributed by atoms with Gasteiger partial charge in [-0.25, -0.2) is 13.7 Å². The zero-order valence-electron chi connectivity index (χ0n) is 14.8. The van der Waals surface area contributed by atoms with Gasteiger partial charge in [0.25, 0.3) is 11.8 Å². The summed E-state index contributed by atoms with van der Waals surface area (Å²) in [5.74, 6) is -2.61. The fourth-order valence-corrected chi connectivity index (χ4v) is 3.31. The van der Waals surface area contributed by atoms with E-state index in [0.717, 1.165) is 4.90 Å².